The van der Waals surface area contributed by atoms with Crippen molar-refractivity contribution >= 4 is 33.1 Å². The number of piperidine rings is 1. The molecule has 0 aliphatic carbocycles. The average molecular weight is 413 g/mol. The molecular formula is C22H26N3O3S+. The maximum Gasteiger partial charge on any atom is 0.279 e. The number of anilines is 1. The molecule has 4 rings (SSSR count). The molecule has 2 N–H and O–H groups in total. The fourth-order valence-electron chi connectivity index (χ4n) is 3.92. The van der Waals surface area contributed by atoms with Crippen LogP contribution in [-0.4, -0.2) is 44.7 Å². The molecule has 1 amide bonds. The number of carbonyl (C=O) groups is 1. The number of carbonyl (C=O) groups excluding carboxylic acids is 1. The van der Waals surface area contributed by atoms with E-state index in [2.05, 4.69) is 23.5 Å². The maximum absolute atomic E-state index is 12.7. The van der Waals surface area contributed by atoms with Gasteiger partial charge in [0.25, 0.3) is 5.91 Å². The summed E-state index contributed by atoms with van der Waals surface area (Å²) in [5, 5.41) is 4.17. The van der Waals surface area contributed by atoms with E-state index in [1.165, 1.54) is 14.6 Å². The molecule has 2 atom stereocenters. The number of quaternary nitrogens is 1. The molecule has 1 fully saturated rings. The molecule has 1 aromatic heterocycles. The van der Waals surface area contributed by atoms with E-state index in [9.17, 15) is 4.79 Å². The van der Waals surface area contributed by atoms with Gasteiger partial charge in [0, 0.05) is 6.07 Å². The summed E-state index contributed by atoms with van der Waals surface area (Å²) in [5.74, 6) is 1.70. The topological polar surface area (TPSA) is 64.9 Å². The first kappa shape index (κ1) is 19.7. The van der Waals surface area contributed by atoms with E-state index < -0.39 is 0 Å². The van der Waals surface area contributed by atoms with Gasteiger partial charge in [-0.3, -0.25) is 4.79 Å². The number of benzene rings is 2. The minimum Gasteiger partial charge on any atom is -0.497 e. The van der Waals surface area contributed by atoms with Crippen LogP contribution in [0, 0.1) is 0 Å². The SMILES string of the molecule is COc1ccc(OC)c(NC(=O)C[NH+]2CCC[C@@H](c3nc4ccccc4s3)C2)c1. The molecule has 6 nitrogen and oxygen atoms in total. The van der Waals surface area contributed by atoms with E-state index >= 15 is 0 Å². The van der Waals surface area contributed by atoms with Crippen molar-refractivity contribution < 1.29 is 19.2 Å². The number of hydrogen-bond donors (Lipinski definition) is 2. The van der Waals surface area contributed by atoms with Crippen molar-refractivity contribution in [3.8, 4) is 11.5 Å². The number of fused-ring (bicyclic) bond motifs is 1. The Kier molecular flexibility index (Phi) is 5.97. The number of nitrogens with one attached hydrogen (secondary N) is 2. The highest BCUT2D eigenvalue weighted by Crippen LogP contribution is 2.30. The Morgan fingerprint density at radius 2 is 2.10 bits per heavy atom. The van der Waals surface area contributed by atoms with E-state index in [1.54, 1.807) is 37.7 Å². The summed E-state index contributed by atoms with van der Waals surface area (Å²) in [5.41, 5.74) is 1.71. The van der Waals surface area contributed by atoms with Crippen LogP contribution >= 0.6 is 11.3 Å². The zero-order valence-corrected chi connectivity index (χ0v) is 17.6. The van der Waals surface area contributed by atoms with Crippen LogP contribution in [0.2, 0.25) is 0 Å². The number of ether oxygens (including phenoxy) is 2. The Morgan fingerprint density at radius 1 is 1.24 bits per heavy atom. The van der Waals surface area contributed by atoms with E-state index in [0.717, 1.165) is 31.4 Å². The lowest BCUT2D eigenvalue weighted by Crippen LogP contribution is -3.14. The molecule has 0 saturated carbocycles. The van der Waals surface area contributed by atoms with Crippen LogP contribution < -0.4 is 19.7 Å². The first-order chi connectivity index (χ1) is 14.2. The average Bonchev–Trinajstić information content (AvgIpc) is 3.18. The van der Waals surface area contributed by atoms with Crippen LogP contribution in [0.15, 0.2) is 42.5 Å². The molecule has 2 aromatic carbocycles. The minimum atomic E-state index is -0.0171. The number of hydrogen-bond acceptors (Lipinski definition) is 5. The van der Waals surface area contributed by atoms with Crippen molar-refractivity contribution in [2.24, 2.45) is 0 Å². The highest BCUT2D eigenvalue weighted by atomic mass is 32.1. The van der Waals surface area contributed by atoms with Gasteiger partial charge in [-0.15, -0.1) is 11.3 Å². The van der Waals surface area contributed by atoms with Gasteiger partial charge in [-0.05, 0) is 37.1 Å². The van der Waals surface area contributed by atoms with Crippen molar-refractivity contribution in [3.05, 3.63) is 47.5 Å². The molecule has 0 spiro atoms. The maximum atomic E-state index is 12.7. The number of nitrogens with zero attached hydrogens (tertiary/aromatic N) is 1. The number of para-hydroxylation sites is 1. The second-order valence-corrected chi connectivity index (χ2v) is 8.42. The summed E-state index contributed by atoms with van der Waals surface area (Å²) in [4.78, 5) is 18.8. The normalized spacial score (nSPS) is 19.1. The molecular weight excluding hydrogens is 386 g/mol. The molecule has 3 aromatic rings. The number of amides is 1. The zero-order valence-electron chi connectivity index (χ0n) is 16.7. The smallest absolute Gasteiger partial charge is 0.279 e. The van der Waals surface area contributed by atoms with Gasteiger partial charge in [-0.25, -0.2) is 4.98 Å². The van der Waals surface area contributed by atoms with E-state index in [0.29, 0.717) is 29.6 Å². The number of likely N-dealkylation sites (tertiary alicyclic amines) is 1. The van der Waals surface area contributed by atoms with Gasteiger partial charge in [-0.1, -0.05) is 12.1 Å². The Balaban J connectivity index is 1.41. The fourth-order valence-corrected chi connectivity index (χ4v) is 5.02. The second-order valence-electron chi connectivity index (χ2n) is 7.35. The van der Waals surface area contributed by atoms with Gasteiger partial charge in [0.15, 0.2) is 6.54 Å². The van der Waals surface area contributed by atoms with Crippen LogP contribution in [0.3, 0.4) is 0 Å². The highest BCUT2D eigenvalue weighted by Gasteiger charge is 2.28. The zero-order chi connectivity index (χ0) is 20.2. The van der Waals surface area contributed by atoms with E-state index in [1.807, 2.05) is 12.1 Å². The lowest BCUT2D eigenvalue weighted by molar-refractivity contribution is -0.898. The van der Waals surface area contributed by atoms with Crippen LogP contribution in [0.5, 0.6) is 11.5 Å². The van der Waals surface area contributed by atoms with Crippen LogP contribution in [0.25, 0.3) is 10.2 Å². The molecule has 1 saturated heterocycles. The number of thiazole rings is 1. The van der Waals surface area contributed by atoms with Crippen LogP contribution in [-0.2, 0) is 4.79 Å². The van der Waals surface area contributed by atoms with Gasteiger partial charge < -0.3 is 19.7 Å². The Labute approximate surface area is 174 Å². The fraction of sp³-hybridized carbons (Fsp3) is 0.364. The number of methoxy groups -OCH3 is 2. The quantitative estimate of drug-likeness (QED) is 0.653. The lowest BCUT2D eigenvalue weighted by atomic mass is 9.99. The van der Waals surface area contributed by atoms with Crippen molar-refractivity contribution in [1.82, 2.24) is 4.98 Å². The summed E-state index contributed by atoms with van der Waals surface area (Å²) in [6.07, 6.45) is 2.24. The first-order valence-corrected chi connectivity index (χ1v) is 10.7. The molecule has 7 heteroatoms. The standard InChI is InChI=1S/C22H25N3O3S/c1-27-16-9-10-19(28-2)18(12-16)23-21(26)14-25-11-5-6-15(13-25)22-24-17-7-3-4-8-20(17)29-22/h3-4,7-10,12,15H,5-6,11,13-14H2,1-2H3,(H,23,26)/p+1/t15-/m1/s1. The molecule has 1 unspecified atom stereocenters. The Hall–Kier alpha value is -2.64. The third kappa shape index (κ3) is 4.52. The second kappa shape index (κ2) is 8.80. The van der Waals surface area contributed by atoms with Crippen molar-refractivity contribution in [1.29, 1.82) is 0 Å². The third-order valence-electron chi connectivity index (χ3n) is 5.37. The molecule has 29 heavy (non-hydrogen) atoms. The summed E-state index contributed by atoms with van der Waals surface area (Å²) in [6.45, 7) is 2.37. The van der Waals surface area contributed by atoms with E-state index in [4.69, 9.17) is 14.5 Å². The molecule has 2 heterocycles. The minimum absolute atomic E-state index is 0.0171. The molecule has 152 valence electrons. The predicted octanol–water partition coefficient (Wildman–Crippen LogP) is 2.71. The summed E-state index contributed by atoms with van der Waals surface area (Å²) < 4.78 is 11.8. The number of rotatable bonds is 6. The van der Waals surface area contributed by atoms with Gasteiger partial charge in [0.2, 0.25) is 0 Å². The number of aromatic nitrogens is 1. The monoisotopic (exact) mass is 412 g/mol. The predicted molar refractivity (Wildman–Crippen MR) is 115 cm³/mol. The van der Waals surface area contributed by atoms with Gasteiger partial charge >= 0.3 is 0 Å². The molecule has 0 radical (unpaired) electrons. The van der Waals surface area contributed by atoms with Crippen LogP contribution in [0.4, 0.5) is 5.69 Å². The van der Waals surface area contributed by atoms with Gasteiger partial charge in [0.1, 0.15) is 16.5 Å². The molecule has 1 aliphatic heterocycles. The van der Waals surface area contributed by atoms with Gasteiger partial charge in [0.05, 0.1) is 49.1 Å². The van der Waals surface area contributed by atoms with Crippen molar-refractivity contribution in [2.45, 2.75) is 18.8 Å². The van der Waals surface area contributed by atoms with Crippen molar-refractivity contribution in [3.63, 3.8) is 0 Å². The van der Waals surface area contributed by atoms with E-state index in [-0.39, 0.29) is 5.91 Å². The Morgan fingerprint density at radius 3 is 2.90 bits per heavy atom. The summed E-state index contributed by atoms with van der Waals surface area (Å²) in [7, 11) is 3.20. The summed E-state index contributed by atoms with van der Waals surface area (Å²) in [6, 6.07) is 13.7. The molecule has 0 bridgehead atoms. The van der Waals surface area contributed by atoms with Crippen molar-refractivity contribution in [2.75, 3.05) is 39.2 Å². The largest absolute Gasteiger partial charge is 0.497 e. The molecule has 1 aliphatic rings. The Bertz CT molecular complexity index is 971. The third-order valence-corrected chi connectivity index (χ3v) is 6.57. The van der Waals surface area contributed by atoms with Crippen LogP contribution in [0.1, 0.15) is 23.8 Å². The summed E-state index contributed by atoms with van der Waals surface area (Å²) >= 11 is 1.78. The lowest BCUT2D eigenvalue weighted by Gasteiger charge is -2.28. The first-order valence-electron chi connectivity index (χ1n) is 9.87. The highest BCUT2D eigenvalue weighted by molar-refractivity contribution is 7.18. The van der Waals surface area contributed by atoms with Gasteiger partial charge in [-0.2, -0.15) is 0 Å².